The van der Waals surface area contributed by atoms with Gasteiger partial charge in [0.15, 0.2) is 0 Å². The van der Waals surface area contributed by atoms with E-state index in [4.69, 9.17) is 4.74 Å². The lowest BCUT2D eigenvalue weighted by Crippen LogP contribution is -2.43. The Hall–Kier alpha value is -2.17. The standard InChI is InChI=1S/C30H47NO4/c1-2-3-4-5-6-7-8-9-10-11-12-13-14-15-19-22-28(32)31-27(23-24-29(31)33)30(34)35-25-26-20-17-16-18-21-26/h16-18,20-21,27H,2-15,19,22-25H2,1H3. The molecule has 2 amide bonds. The van der Waals surface area contributed by atoms with Gasteiger partial charge in [0.2, 0.25) is 11.8 Å². The Balaban J connectivity index is 1.50. The molecule has 0 bridgehead atoms. The van der Waals surface area contributed by atoms with Crippen molar-refractivity contribution in [3.05, 3.63) is 35.9 Å². The molecule has 5 heteroatoms. The monoisotopic (exact) mass is 485 g/mol. The molecule has 196 valence electrons. The van der Waals surface area contributed by atoms with E-state index in [1.54, 1.807) is 0 Å². The lowest BCUT2D eigenvalue weighted by atomic mass is 10.0. The molecule has 1 aliphatic rings. The zero-order chi connectivity index (χ0) is 25.1. The highest BCUT2D eigenvalue weighted by molar-refractivity contribution is 6.01. The van der Waals surface area contributed by atoms with Crippen molar-refractivity contribution >= 4 is 17.8 Å². The molecule has 1 unspecified atom stereocenters. The molecule has 1 aromatic carbocycles. The van der Waals surface area contributed by atoms with Gasteiger partial charge in [-0.2, -0.15) is 0 Å². The third-order valence-electron chi connectivity index (χ3n) is 6.97. The number of likely N-dealkylation sites (tertiary alicyclic amines) is 1. The number of hydrogen-bond donors (Lipinski definition) is 0. The zero-order valence-corrected chi connectivity index (χ0v) is 22.0. The highest BCUT2D eigenvalue weighted by Gasteiger charge is 2.40. The van der Waals surface area contributed by atoms with E-state index in [1.807, 2.05) is 30.3 Å². The average molecular weight is 486 g/mol. The lowest BCUT2D eigenvalue weighted by molar-refractivity contribution is -0.158. The molecule has 1 saturated heterocycles. The fraction of sp³-hybridized carbons (Fsp3) is 0.700. The minimum absolute atomic E-state index is 0.158. The fourth-order valence-corrected chi connectivity index (χ4v) is 4.81. The maximum atomic E-state index is 12.7. The second kappa shape index (κ2) is 18.1. The van der Waals surface area contributed by atoms with Gasteiger partial charge in [-0.25, -0.2) is 4.79 Å². The van der Waals surface area contributed by atoms with E-state index in [2.05, 4.69) is 6.92 Å². The Labute approximate surface area is 213 Å². The molecular formula is C30H47NO4. The number of nitrogens with zero attached hydrogens (tertiary/aromatic N) is 1. The summed E-state index contributed by atoms with van der Waals surface area (Å²) in [6, 6.07) is 8.67. The van der Waals surface area contributed by atoms with Gasteiger partial charge in [-0.1, -0.05) is 127 Å². The van der Waals surface area contributed by atoms with Crippen LogP contribution in [0.25, 0.3) is 0 Å². The molecule has 0 N–H and O–H groups in total. The van der Waals surface area contributed by atoms with Gasteiger partial charge in [0.25, 0.3) is 0 Å². The third-order valence-corrected chi connectivity index (χ3v) is 6.97. The summed E-state index contributed by atoms with van der Waals surface area (Å²) in [5.41, 5.74) is 0.890. The van der Waals surface area contributed by atoms with Gasteiger partial charge in [-0.15, -0.1) is 0 Å². The second-order valence-corrected chi connectivity index (χ2v) is 10.0. The van der Waals surface area contributed by atoms with E-state index in [0.29, 0.717) is 12.8 Å². The van der Waals surface area contributed by atoms with Crippen LogP contribution in [0, 0.1) is 0 Å². The first kappa shape index (κ1) is 29.1. The topological polar surface area (TPSA) is 63.7 Å². The maximum absolute atomic E-state index is 12.7. The number of ether oxygens (including phenoxy) is 1. The van der Waals surface area contributed by atoms with Crippen LogP contribution < -0.4 is 0 Å². The van der Waals surface area contributed by atoms with Crippen molar-refractivity contribution in [1.29, 1.82) is 0 Å². The van der Waals surface area contributed by atoms with Crippen LogP contribution in [-0.2, 0) is 25.7 Å². The predicted molar refractivity (Wildman–Crippen MR) is 141 cm³/mol. The molecule has 0 aliphatic carbocycles. The highest BCUT2D eigenvalue weighted by atomic mass is 16.5. The molecule has 5 nitrogen and oxygen atoms in total. The summed E-state index contributed by atoms with van der Waals surface area (Å²) in [5, 5.41) is 0. The molecule has 35 heavy (non-hydrogen) atoms. The molecule has 0 radical (unpaired) electrons. The van der Waals surface area contributed by atoms with Crippen molar-refractivity contribution in [2.24, 2.45) is 0 Å². The van der Waals surface area contributed by atoms with Crippen LogP contribution in [0.15, 0.2) is 30.3 Å². The first-order chi connectivity index (χ1) is 17.1. The minimum atomic E-state index is -0.768. The van der Waals surface area contributed by atoms with Gasteiger partial charge < -0.3 is 4.74 Å². The van der Waals surface area contributed by atoms with E-state index in [9.17, 15) is 14.4 Å². The molecule has 1 atom stereocenters. The Morgan fingerprint density at radius 3 is 1.86 bits per heavy atom. The molecule has 1 fully saturated rings. The fourth-order valence-electron chi connectivity index (χ4n) is 4.81. The van der Waals surface area contributed by atoms with Gasteiger partial charge in [0.1, 0.15) is 12.6 Å². The van der Waals surface area contributed by atoms with Crippen molar-refractivity contribution < 1.29 is 19.1 Å². The van der Waals surface area contributed by atoms with Crippen molar-refractivity contribution in [2.45, 2.75) is 135 Å². The number of carbonyl (C=O) groups excluding carboxylic acids is 3. The van der Waals surface area contributed by atoms with Crippen LogP contribution in [0.1, 0.15) is 128 Å². The largest absolute Gasteiger partial charge is 0.459 e. The first-order valence-corrected chi connectivity index (χ1v) is 14.2. The number of amides is 2. The van der Waals surface area contributed by atoms with E-state index >= 15 is 0 Å². The van der Waals surface area contributed by atoms with E-state index in [1.165, 1.54) is 77.0 Å². The summed E-state index contributed by atoms with van der Waals surface area (Å²) in [6.45, 7) is 2.42. The number of esters is 1. The Kier molecular flexibility index (Phi) is 15.1. The number of hydrogen-bond acceptors (Lipinski definition) is 4. The summed E-state index contributed by atoms with van der Waals surface area (Å²) in [4.78, 5) is 38.6. The van der Waals surface area contributed by atoms with Crippen LogP contribution in [0.4, 0.5) is 0 Å². The summed E-state index contributed by atoms with van der Waals surface area (Å²) in [5.74, 6) is -0.967. The molecule has 1 aliphatic heterocycles. The van der Waals surface area contributed by atoms with E-state index < -0.39 is 12.0 Å². The molecule has 0 aromatic heterocycles. The maximum Gasteiger partial charge on any atom is 0.329 e. The van der Waals surface area contributed by atoms with Crippen molar-refractivity contribution in [3.63, 3.8) is 0 Å². The van der Waals surface area contributed by atoms with Crippen molar-refractivity contribution in [3.8, 4) is 0 Å². The van der Waals surface area contributed by atoms with Gasteiger partial charge in [0.05, 0.1) is 0 Å². The molecule has 1 aromatic rings. The Morgan fingerprint density at radius 2 is 1.31 bits per heavy atom. The lowest BCUT2D eigenvalue weighted by Gasteiger charge is -2.21. The summed E-state index contributed by atoms with van der Waals surface area (Å²) in [7, 11) is 0. The van der Waals surface area contributed by atoms with Crippen LogP contribution >= 0.6 is 0 Å². The molecule has 0 spiro atoms. The minimum Gasteiger partial charge on any atom is -0.459 e. The van der Waals surface area contributed by atoms with E-state index in [-0.39, 0.29) is 24.8 Å². The van der Waals surface area contributed by atoms with Gasteiger partial charge in [0, 0.05) is 12.8 Å². The number of rotatable bonds is 19. The van der Waals surface area contributed by atoms with Gasteiger partial charge >= 0.3 is 5.97 Å². The Morgan fingerprint density at radius 1 is 0.800 bits per heavy atom. The summed E-state index contributed by atoms with van der Waals surface area (Å²) in [6.07, 6.45) is 20.0. The number of unbranched alkanes of at least 4 members (excludes halogenated alkanes) is 14. The quantitative estimate of drug-likeness (QED) is 0.150. The van der Waals surface area contributed by atoms with Crippen molar-refractivity contribution in [1.82, 2.24) is 4.90 Å². The van der Waals surface area contributed by atoms with Crippen molar-refractivity contribution in [2.75, 3.05) is 0 Å². The third kappa shape index (κ3) is 11.9. The molecular weight excluding hydrogens is 438 g/mol. The van der Waals surface area contributed by atoms with Gasteiger partial charge in [-0.05, 0) is 18.4 Å². The summed E-state index contributed by atoms with van der Waals surface area (Å²) < 4.78 is 5.39. The zero-order valence-electron chi connectivity index (χ0n) is 22.0. The van der Waals surface area contributed by atoms with E-state index in [0.717, 1.165) is 29.7 Å². The number of benzene rings is 1. The smallest absolute Gasteiger partial charge is 0.329 e. The molecule has 2 rings (SSSR count). The summed E-state index contributed by atoms with van der Waals surface area (Å²) >= 11 is 0. The Bertz CT molecular complexity index is 733. The SMILES string of the molecule is CCCCCCCCCCCCCCCCCC(=O)N1C(=O)CCC1C(=O)OCc1ccccc1. The first-order valence-electron chi connectivity index (χ1n) is 14.2. The van der Waals surface area contributed by atoms with Gasteiger partial charge in [-0.3, -0.25) is 14.5 Å². The molecule has 1 heterocycles. The van der Waals surface area contributed by atoms with Crippen LogP contribution in [-0.4, -0.2) is 28.7 Å². The second-order valence-electron chi connectivity index (χ2n) is 10.0. The van der Waals surface area contributed by atoms with Crippen LogP contribution in [0.3, 0.4) is 0 Å². The average Bonchev–Trinajstić information content (AvgIpc) is 3.27. The number of carbonyl (C=O) groups is 3. The van der Waals surface area contributed by atoms with Crippen LogP contribution in [0.2, 0.25) is 0 Å². The highest BCUT2D eigenvalue weighted by Crippen LogP contribution is 2.23. The molecule has 0 saturated carbocycles. The predicted octanol–water partition coefficient (Wildman–Crippen LogP) is 7.51. The normalized spacial score (nSPS) is 15.5. The number of imide groups is 1. The van der Waals surface area contributed by atoms with Crippen LogP contribution in [0.5, 0.6) is 0 Å².